The molecule has 0 aromatic heterocycles. The fraction of sp³-hybridized carbons (Fsp3) is 0.400. The molecule has 0 spiro atoms. The summed E-state index contributed by atoms with van der Waals surface area (Å²) in [6.45, 7) is 0. The first-order valence-electron chi connectivity index (χ1n) is 6.91. The SMILES string of the molecule is O=C(O)c1ccc(N2C(=O)C3CCCCC3C2=O)cc1F. The fourth-order valence-corrected chi connectivity index (χ4v) is 3.23. The second-order valence-corrected chi connectivity index (χ2v) is 5.48. The van der Waals surface area contributed by atoms with Crippen molar-refractivity contribution in [3.8, 4) is 0 Å². The second kappa shape index (κ2) is 4.95. The van der Waals surface area contributed by atoms with E-state index >= 15 is 0 Å². The Bertz CT molecular complexity index is 619. The summed E-state index contributed by atoms with van der Waals surface area (Å²) in [5, 5.41) is 8.81. The van der Waals surface area contributed by atoms with Gasteiger partial charge in [-0.2, -0.15) is 0 Å². The van der Waals surface area contributed by atoms with E-state index in [2.05, 4.69) is 0 Å². The Labute approximate surface area is 120 Å². The minimum absolute atomic E-state index is 0.113. The number of carboxylic acids is 1. The summed E-state index contributed by atoms with van der Waals surface area (Å²) in [7, 11) is 0. The molecule has 3 rings (SSSR count). The fourth-order valence-electron chi connectivity index (χ4n) is 3.23. The summed E-state index contributed by atoms with van der Waals surface area (Å²) in [6, 6.07) is 3.33. The van der Waals surface area contributed by atoms with Crippen molar-refractivity contribution in [1.82, 2.24) is 0 Å². The van der Waals surface area contributed by atoms with Gasteiger partial charge >= 0.3 is 5.97 Å². The lowest BCUT2D eigenvalue weighted by atomic mass is 9.81. The van der Waals surface area contributed by atoms with Gasteiger partial charge in [0.1, 0.15) is 5.82 Å². The third-order valence-electron chi connectivity index (χ3n) is 4.28. The first kappa shape index (κ1) is 13.7. The van der Waals surface area contributed by atoms with Crippen LogP contribution in [0.25, 0.3) is 0 Å². The smallest absolute Gasteiger partial charge is 0.338 e. The predicted octanol–water partition coefficient (Wildman–Crippen LogP) is 2.20. The number of imide groups is 1. The van der Waals surface area contributed by atoms with E-state index in [4.69, 9.17) is 5.11 Å². The summed E-state index contributed by atoms with van der Waals surface area (Å²) in [4.78, 5) is 36.5. The molecule has 6 heteroatoms. The molecular weight excluding hydrogens is 277 g/mol. The average molecular weight is 291 g/mol. The van der Waals surface area contributed by atoms with Gasteiger partial charge in [0.2, 0.25) is 11.8 Å². The van der Waals surface area contributed by atoms with Crippen molar-refractivity contribution < 1.29 is 23.9 Å². The van der Waals surface area contributed by atoms with E-state index in [9.17, 15) is 18.8 Å². The Balaban J connectivity index is 1.97. The van der Waals surface area contributed by atoms with Crippen molar-refractivity contribution >= 4 is 23.5 Å². The number of benzene rings is 1. The van der Waals surface area contributed by atoms with E-state index in [0.29, 0.717) is 12.8 Å². The summed E-state index contributed by atoms with van der Waals surface area (Å²) >= 11 is 0. The van der Waals surface area contributed by atoms with Crippen molar-refractivity contribution in [2.75, 3.05) is 4.90 Å². The number of nitrogens with zero attached hydrogens (tertiary/aromatic N) is 1. The molecule has 1 N–H and O–H groups in total. The van der Waals surface area contributed by atoms with Gasteiger partial charge in [0.25, 0.3) is 0 Å². The lowest BCUT2D eigenvalue weighted by molar-refractivity contribution is -0.122. The van der Waals surface area contributed by atoms with Crippen LogP contribution in [0.5, 0.6) is 0 Å². The highest BCUT2D eigenvalue weighted by atomic mass is 19.1. The summed E-state index contributed by atoms with van der Waals surface area (Å²) in [5.74, 6) is -3.55. The number of hydrogen-bond acceptors (Lipinski definition) is 3. The Morgan fingerprint density at radius 3 is 2.19 bits per heavy atom. The van der Waals surface area contributed by atoms with E-state index < -0.39 is 17.3 Å². The van der Waals surface area contributed by atoms with Gasteiger partial charge in [-0.15, -0.1) is 0 Å². The maximum Gasteiger partial charge on any atom is 0.338 e. The number of halogens is 1. The molecule has 21 heavy (non-hydrogen) atoms. The normalized spacial score (nSPS) is 25.1. The molecule has 5 nitrogen and oxygen atoms in total. The monoisotopic (exact) mass is 291 g/mol. The van der Waals surface area contributed by atoms with Gasteiger partial charge in [-0.3, -0.25) is 9.59 Å². The largest absolute Gasteiger partial charge is 0.478 e. The number of carbonyl (C=O) groups is 3. The molecule has 1 aromatic rings. The molecule has 0 bridgehead atoms. The zero-order valence-corrected chi connectivity index (χ0v) is 11.2. The summed E-state index contributed by atoms with van der Waals surface area (Å²) in [6.07, 6.45) is 3.20. The maximum atomic E-state index is 13.7. The Hall–Kier alpha value is -2.24. The molecule has 1 aromatic carbocycles. The molecular formula is C15H14FNO4. The third-order valence-corrected chi connectivity index (χ3v) is 4.28. The third kappa shape index (κ3) is 2.11. The average Bonchev–Trinajstić information content (AvgIpc) is 2.71. The van der Waals surface area contributed by atoms with Gasteiger partial charge in [0, 0.05) is 0 Å². The highest BCUT2D eigenvalue weighted by Crippen LogP contribution is 2.40. The minimum atomic E-state index is -1.38. The van der Waals surface area contributed by atoms with Crippen molar-refractivity contribution in [3.63, 3.8) is 0 Å². The standard InChI is InChI=1S/C15H14FNO4/c16-12-7-8(5-6-11(12)15(20)21)17-13(18)9-3-1-2-4-10(9)14(17)19/h5-7,9-10H,1-4H2,(H,20,21). The topological polar surface area (TPSA) is 74.7 Å². The van der Waals surface area contributed by atoms with E-state index in [1.54, 1.807) is 0 Å². The molecule has 1 heterocycles. The molecule has 2 unspecified atom stereocenters. The number of carboxylic acid groups (broad SMARTS) is 1. The van der Waals surface area contributed by atoms with E-state index in [-0.39, 0.29) is 29.3 Å². The first-order chi connectivity index (χ1) is 10.0. The van der Waals surface area contributed by atoms with Crippen molar-refractivity contribution in [1.29, 1.82) is 0 Å². The molecule has 2 amide bonds. The Morgan fingerprint density at radius 2 is 1.71 bits per heavy atom. The Morgan fingerprint density at radius 1 is 1.14 bits per heavy atom. The van der Waals surface area contributed by atoms with Gasteiger partial charge in [-0.1, -0.05) is 12.8 Å². The molecule has 1 saturated carbocycles. The number of fused-ring (bicyclic) bond motifs is 1. The number of hydrogen-bond donors (Lipinski definition) is 1. The van der Waals surface area contributed by atoms with Crippen LogP contribution in [0.3, 0.4) is 0 Å². The van der Waals surface area contributed by atoms with E-state index in [1.807, 2.05) is 0 Å². The maximum absolute atomic E-state index is 13.7. The van der Waals surface area contributed by atoms with Gasteiger partial charge < -0.3 is 5.11 Å². The number of carbonyl (C=O) groups excluding carboxylic acids is 2. The molecule has 1 aliphatic carbocycles. The molecule has 2 atom stereocenters. The molecule has 1 aliphatic heterocycles. The van der Waals surface area contributed by atoms with E-state index in [0.717, 1.165) is 29.9 Å². The van der Waals surface area contributed by atoms with Crippen molar-refractivity contribution in [3.05, 3.63) is 29.6 Å². The predicted molar refractivity (Wildman–Crippen MR) is 71.3 cm³/mol. The van der Waals surface area contributed by atoms with Gasteiger partial charge in [-0.05, 0) is 31.0 Å². The van der Waals surface area contributed by atoms with Crippen LogP contribution in [0.2, 0.25) is 0 Å². The van der Waals surface area contributed by atoms with Gasteiger partial charge in [-0.25, -0.2) is 14.1 Å². The lowest BCUT2D eigenvalue weighted by Crippen LogP contribution is -2.31. The van der Waals surface area contributed by atoms with Crippen LogP contribution >= 0.6 is 0 Å². The van der Waals surface area contributed by atoms with Crippen LogP contribution in [0.4, 0.5) is 10.1 Å². The molecule has 2 fully saturated rings. The van der Waals surface area contributed by atoms with Crippen molar-refractivity contribution in [2.45, 2.75) is 25.7 Å². The zero-order valence-electron chi connectivity index (χ0n) is 11.2. The quantitative estimate of drug-likeness (QED) is 0.848. The lowest BCUT2D eigenvalue weighted by Gasteiger charge is -2.19. The highest BCUT2D eigenvalue weighted by molar-refractivity contribution is 6.22. The van der Waals surface area contributed by atoms with Crippen LogP contribution in [0.1, 0.15) is 36.0 Å². The van der Waals surface area contributed by atoms with Gasteiger partial charge in [0.05, 0.1) is 23.1 Å². The number of anilines is 1. The summed E-state index contributed by atoms with van der Waals surface area (Å²) in [5.41, 5.74) is -0.364. The molecule has 0 radical (unpaired) electrons. The van der Waals surface area contributed by atoms with Crippen LogP contribution in [-0.4, -0.2) is 22.9 Å². The minimum Gasteiger partial charge on any atom is -0.478 e. The Kier molecular flexibility index (Phi) is 3.23. The number of rotatable bonds is 2. The zero-order chi connectivity index (χ0) is 15.1. The second-order valence-electron chi connectivity index (χ2n) is 5.48. The highest BCUT2D eigenvalue weighted by Gasteiger charge is 2.48. The molecule has 1 saturated heterocycles. The molecule has 2 aliphatic rings. The van der Waals surface area contributed by atoms with Crippen LogP contribution in [-0.2, 0) is 9.59 Å². The molecule has 110 valence electrons. The number of amides is 2. The van der Waals surface area contributed by atoms with Crippen LogP contribution in [0, 0.1) is 17.7 Å². The van der Waals surface area contributed by atoms with Gasteiger partial charge in [0.15, 0.2) is 0 Å². The van der Waals surface area contributed by atoms with Crippen LogP contribution in [0.15, 0.2) is 18.2 Å². The van der Waals surface area contributed by atoms with Crippen LogP contribution < -0.4 is 4.90 Å². The summed E-state index contributed by atoms with van der Waals surface area (Å²) < 4.78 is 13.7. The first-order valence-corrected chi connectivity index (χ1v) is 6.91. The number of aromatic carboxylic acids is 1. The van der Waals surface area contributed by atoms with E-state index in [1.165, 1.54) is 6.07 Å². The van der Waals surface area contributed by atoms with Crippen molar-refractivity contribution in [2.24, 2.45) is 11.8 Å².